The number of carbonyl (C=O) groups excluding carboxylic acids is 1. The summed E-state index contributed by atoms with van der Waals surface area (Å²) in [5, 5.41) is 1.28. The van der Waals surface area contributed by atoms with Crippen LogP contribution in [0.25, 0.3) is 0 Å². The molecule has 0 saturated heterocycles. The van der Waals surface area contributed by atoms with E-state index in [2.05, 4.69) is 0 Å². The van der Waals surface area contributed by atoms with E-state index >= 15 is 0 Å². The van der Waals surface area contributed by atoms with Crippen LogP contribution in [0.5, 0.6) is 0 Å². The zero-order valence-corrected chi connectivity index (χ0v) is 15.3. The van der Waals surface area contributed by atoms with Crippen LogP contribution in [0.4, 0.5) is 0 Å². The van der Waals surface area contributed by atoms with Gasteiger partial charge in [-0.3, -0.25) is 4.79 Å². The van der Waals surface area contributed by atoms with Crippen LogP contribution in [-0.2, 0) is 9.36 Å². The Morgan fingerprint density at radius 2 is 1.50 bits per heavy atom. The SMILES string of the molecule is Cc1cc(C)c(P(=O)(C=O)c2ccccc2)c(C)c1.[H-].[Na+]. The van der Waals surface area contributed by atoms with E-state index in [1.807, 2.05) is 51.1 Å². The maximum absolute atomic E-state index is 13.2. The molecule has 0 amide bonds. The standard InChI is InChI=1S/C16H17O2P.Na.H/c1-12-9-13(2)16(14(3)10-12)19(18,11-17)15-7-5-4-6-8-15;;/h4-11H,1-3H3;;/q;+1;-1. The van der Waals surface area contributed by atoms with Crippen molar-refractivity contribution in [2.24, 2.45) is 0 Å². The van der Waals surface area contributed by atoms with Gasteiger partial charge in [-0.15, -0.1) is 0 Å². The normalized spacial score (nSPS) is 13.2. The van der Waals surface area contributed by atoms with Crippen LogP contribution in [0.2, 0.25) is 0 Å². The summed E-state index contributed by atoms with van der Waals surface area (Å²) in [7, 11) is -3.18. The first-order valence-electron chi connectivity index (χ1n) is 6.19. The second-order valence-electron chi connectivity index (χ2n) is 4.85. The summed E-state index contributed by atoms with van der Waals surface area (Å²) < 4.78 is 13.2. The Hall–Kier alpha value is -0.660. The van der Waals surface area contributed by atoms with Crippen LogP contribution in [0, 0.1) is 20.8 Å². The summed E-state index contributed by atoms with van der Waals surface area (Å²) in [4.78, 5) is 11.6. The van der Waals surface area contributed by atoms with E-state index in [1.165, 1.54) is 0 Å². The molecule has 0 bridgehead atoms. The zero-order chi connectivity index (χ0) is 14.0. The van der Waals surface area contributed by atoms with Gasteiger partial charge < -0.3 is 5.99 Å². The first-order valence-corrected chi connectivity index (χ1v) is 7.97. The van der Waals surface area contributed by atoms with Gasteiger partial charge in [0.15, 0.2) is 6.03 Å². The fraction of sp³-hybridized carbons (Fsp3) is 0.188. The van der Waals surface area contributed by atoms with Gasteiger partial charge in [0.2, 0.25) is 7.14 Å². The van der Waals surface area contributed by atoms with Crippen molar-refractivity contribution in [3.63, 3.8) is 0 Å². The average molecular weight is 296 g/mol. The van der Waals surface area contributed by atoms with Gasteiger partial charge in [0.25, 0.3) is 0 Å². The molecule has 2 aromatic rings. The molecule has 0 aromatic heterocycles. The van der Waals surface area contributed by atoms with Crippen molar-refractivity contribution >= 4 is 23.8 Å². The molecule has 2 aromatic carbocycles. The van der Waals surface area contributed by atoms with E-state index in [0.29, 0.717) is 16.6 Å². The second kappa shape index (κ2) is 6.87. The fourth-order valence-corrected chi connectivity index (χ4v) is 4.87. The summed E-state index contributed by atoms with van der Waals surface area (Å²) in [6.45, 7) is 5.82. The van der Waals surface area contributed by atoms with Crippen LogP contribution >= 0.6 is 7.14 Å². The Morgan fingerprint density at radius 1 is 1.00 bits per heavy atom. The van der Waals surface area contributed by atoms with E-state index in [1.54, 1.807) is 12.1 Å². The summed E-state index contributed by atoms with van der Waals surface area (Å²) in [5.41, 5.74) is 2.94. The summed E-state index contributed by atoms with van der Waals surface area (Å²) in [5.74, 6) is 0. The quantitative estimate of drug-likeness (QED) is 0.462. The maximum atomic E-state index is 13.2. The molecule has 0 spiro atoms. The third kappa shape index (κ3) is 3.15. The number of hydrogen-bond donors (Lipinski definition) is 0. The Morgan fingerprint density at radius 3 is 1.95 bits per heavy atom. The molecule has 0 aliphatic heterocycles. The van der Waals surface area contributed by atoms with Gasteiger partial charge in [-0.25, -0.2) is 0 Å². The number of aryl methyl sites for hydroxylation is 3. The Kier molecular flexibility index (Phi) is 5.97. The van der Waals surface area contributed by atoms with Gasteiger partial charge in [0.1, 0.15) is 0 Å². The molecule has 2 nitrogen and oxygen atoms in total. The topological polar surface area (TPSA) is 34.1 Å². The van der Waals surface area contributed by atoms with Crippen LogP contribution < -0.4 is 40.2 Å². The number of rotatable bonds is 3. The molecule has 0 N–H and O–H groups in total. The minimum absolute atomic E-state index is 0. The molecule has 20 heavy (non-hydrogen) atoms. The van der Waals surface area contributed by atoms with Crippen molar-refractivity contribution in [3.8, 4) is 0 Å². The van der Waals surface area contributed by atoms with Crippen molar-refractivity contribution in [1.29, 1.82) is 0 Å². The van der Waals surface area contributed by atoms with Gasteiger partial charge in [0.05, 0.1) is 0 Å². The van der Waals surface area contributed by atoms with Crippen molar-refractivity contribution in [2.45, 2.75) is 20.8 Å². The Bertz CT molecular complexity index is 648. The van der Waals surface area contributed by atoms with Crippen LogP contribution in [0.15, 0.2) is 42.5 Å². The first kappa shape index (κ1) is 17.4. The molecule has 1 unspecified atom stereocenters. The fourth-order valence-electron chi connectivity index (χ4n) is 2.59. The van der Waals surface area contributed by atoms with Crippen LogP contribution in [0.3, 0.4) is 0 Å². The maximum Gasteiger partial charge on any atom is 1.00 e. The van der Waals surface area contributed by atoms with E-state index in [-0.39, 0.29) is 31.0 Å². The second-order valence-corrected chi connectivity index (χ2v) is 7.34. The molecule has 0 heterocycles. The monoisotopic (exact) mass is 296 g/mol. The van der Waals surface area contributed by atoms with Gasteiger partial charge >= 0.3 is 29.6 Å². The van der Waals surface area contributed by atoms with Crippen molar-refractivity contribution < 1.29 is 40.3 Å². The summed E-state index contributed by atoms with van der Waals surface area (Å²) in [6, 6.07) is 13.6. The van der Waals surface area contributed by atoms with Crippen molar-refractivity contribution in [3.05, 3.63) is 59.2 Å². The van der Waals surface area contributed by atoms with E-state index in [0.717, 1.165) is 16.7 Å². The van der Waals surface area contributed by atoms with E-state index < -0.39 is 7.14 Å². The molecule has 1 atom stereocenters. The Balaban J connectivity index is 0.00000200. The van der Waals surface area contributed by atoms with E-state index in [4.69, 9.17) is 0 Å². The first-order chi connectivity index (χ1) is 8.99. The van der Waals surface area contributed by atoms with Gasteiger partial charge in [-0.1, -0.05) is 48.0 Å². The average Bonchev–Trinajstić information content (AvgIpc) is 2.38. The summed E-state index contributed by atoms with van der Waals surface area (Å²) in [6.07, 6.45) is 0. The summed E-state index contributed by atoms with van der Waals surface area (Å²) >= 11 is 0. The van der Waals surface area contributed by atoms with Crippen molar-refractivity contribution in [2.75, 3.05) is 0 Å². The number of benzene rings is 2. The predicted molar refractivity (Wildman–Crippen MR) is 81.8 cm³/mol. The van der Waals surface area contributed by atoms with Crippen molar-refractivity contribution in [1.82, 2.24) is 0 Å². The Labute approximate surface area is 143 Å². The molecule has 0 radical (unpaired) electrons. The minimum atomic E-state index is -3.18. The molecular weight excluding hydrogens is 278 g/mol. The number of hydrogen-bond acceptors (Lipinski definition) is 2. The van der Waals surface area contributed by atoms with Crippen LogP contribution in [-0.4, -0.2) is 6.03 Å². The zero-order valence-electron chi connectivity index (χ0n) is 13.4. The molecular formula is C16H18NaO2P. The van der Waals surface area contributed by atoms with Gasteiger partial charge in [0, 0.05) is 10.6 Å². The molecule has 0 aliphatic rings. The third-order valence-electron chi connectivity index (χ3n) is 3.26. The third-order valence-corrected chi connectivity index (χ3v) is 5.99. The molecule has 2 rings (SSSR count). The smallest absolute Gasteiger partial charge is 1.00 e. The molecule has 100 valence electrons. The molecule has 0 aliphatic carbocycles. The largest absolute Gasteiger partial charge is 1.00 e. The van der Waals surface area contributed by atoms with Gasteiger partial charge in [-0.05, 0) is 31.9 Å². The van der Waals surface area contributed by atoms with Gasteiger partial charge in [-0.2, -0.15) is 0 Å². The molecule has 0 fully saturated rings. The number of carbonyl (C=O) groups is 1. The minimum Gasteiger partial charge on any atom is -1.00 e. The van der Waals surface area contributed by atoms with Crippen LogP contribution in [0.1, 0.15) is 18.1 Å². The molecule has 4 heteroatoms. The van der Waals surface area contributed by atoms with E-state index in [9.17, 15) is 9.36 Å². The molecule has 0 saturated carbocycles. The predicted octanol–water partition coefficient (Wildman–Crippen LogP) is 0.232.